The second kappa shape index (κ2) is 15.6. The number of nitrogens with one attached hydrogen (secondary N) is 1. The van der Waals surface area contributed by atoms with E-state index < -0.39 is 72.2 Å². The van der Waals surface area contributed by atoms with Crippen molar-refractivity contribution in [3.05, 3.63) is 124 Å². The molecule has 0 unspecified atom stereocenters. The van der Waals surface area contributed by atoms with Gasteiger partial charge in [0.15, 0.2) is 0 Å². The minimum Gasteiger partial charge on any atom is -0.455 e. The molecule has 53 heavy (non-hydrogen) atoms. The summed E-state index contributed by atoms with van der Waals surface area (Å²) in [5.74, 6) is -4.40. The van der Waals surface area contributed by atoms with Gasteiger partial charge in [-0.15, -0.1) is 0 Å². The number of rotatable bonds is 7. The third kappa shape index (κ3) is 6.83. The maximum atomic E-state index is 15.3. The summed E-state index contributed by atoms with van der Waals surface area (Å²) >= 11 is 9.86. The average Bonchev–Trinajstić information content (AvgIpc) is 3.76. The number of benzene rings is 3. The van der Waals surface area contributed by atoms with Gasteiger partial charge in [0.25, 0.3) is 5.91 Å². The predicted octanol–water partition coefficient (Wildman–Crippen LogP) is 5.05. The van der Waals surface area contributed by atoms with Gasteiger partial charge in [-0.25, -0.2) is 0 Å². The molecule has 3 amide bonds. The fraction of sp³-hybridized carbons (Fsp3) is 0.350. The highest BCUT2D eigenvalue weighted by Gasteiger charge is 2.75. The van der Waals surface area contributed by atoms with Crippen molar-refractivity contribution in [2.45, 2.75) is 48.8 Å². The number of cyclic esters (lactones) is 1. The highest BCUT2D eigenvalue weighted by atomic mass is 79.9. The molecule has 3 aromatic carbocycles. The van der Waals surface area contributed by atoms with Crippen LogP contribution in [0, 0.1) is 11.8 Å². The van der Waals surface area contributed by atoms with Crippen molar-refractivity contribution in [3.63, 3.8) is 0 Å². The quantitative estimate of drug-likeness (QED) is 0.251. The molecule has 2 saturated heterocycles. The van der Waals surface area contributed by atoms with Gasteiger partial charge in [0, 0.05) is 35.3 Å². The van der Waals surface area contributed by atoms with Crippen LogP contribution in [0.25, 0.3) is 0 Å². The van der Waals surface area contributed by atoms with Crippen molar-refractivity contribution in [1.29, 1.82) is 0 Å². The fourth-order valence-corrected chi connectivity index (χ4v) is 8.93. The number of aliphatic hydroxyl groups excluding tert-OH is 1. The minimum absolute atomic E-state index is 0.0323. The number of nitrogens with zero attached hydrogens (tertiary/aromatic N) is 2. The first-order valence-electron chi connectivity index (χ1n) is 17.5. The lowest BCUT2D eigenvalue weighted by Crippen LogP contribution is -2.57. The lowest BCUT2D eigenvalue weighted by Gasteiger charge is -2.38. The number of likely N-dealkylation sites (tertiary alicyclic amines) is 1. The molecule has 0 saturated carbocycles. The maximum absolute atomic E-state index is 15.3. The first-order valence-corrected chi connectivity index (χ1v) is 18.6. The zero-order chi connectivity index (χ0) is 37.3. The molecule has 3 aromatic rings. The van der Waals surface area contributed by atoms with Gasteiger partial charge in [0.2, 0.25) is 11.8 Å². The van der Waals surface area contributed by atoms with Crippen LogP contribution in [-0.2, 0) is 33.4 Å². The Hall–Kier alpha value is -4.33. The standard InChI is InChI=1S/C40H39BrClN3O8/c1-51-23-29-34(25-13-7-3-8-14-25)52-39(50)32-33-37(48)45(30(22-46)24-11-5-2-6-12-24)36(40(33)21-28(41)35(32)53-40)38(49)44(27-18-16-26(42)17-19-27)20-10-4-9-15-31(47)43-29/h2-8,10-14,16-19,21,29-30,32-36,46H,9,15,20,22-23H2,1H3,(H,43,47)/b10-4-/t29-,30+,32+,33-,34-,35+,36+,40-/m0/s1. The number of anilines is 1. The van der Waals surface area contributed by atoms with Crippen molar-refractivity contribution < 1.29 is 38.5 Å². The van der Waals surface area contributed by atoms with E-state index in [-0.39, 0.29) is 25.5 Å². The Morgan fingerprint density at radius 2 is 1.66 bits per heavy atom. The van der Waals surface area contributed by atoms with Crippen LogP contribution in [-0.4, -0.2) is 84.4 Å². The number of ether oxygens (including phenoxy) is 3. The van der Waals surface area contributed by atoms with Crippen molar-refractivity contribution in [2.24, 2.45) is 11.8 Å². The number of carbonyl (C=O) groups excluding carboxylic acids is 4. The number of fused-ring (bicyclic) bond motifs is 2. The van der Waals surface area contributed by atoms with Crippen LogP contribution in [0.2, 0.25) is 5.02 Å². The molecule has 276 valence electrons. The Kier molecular flexibility index (Phi) is 10.9. The fourth-order valence-electron chi connectivity index (χ4n) is 8.07. The summed E-state index contributed by atoms with van der Waals surface area (Å²) in [5.41, 5.74) is 0.127. The summed E-state index contributed by atoms with van der Waals surface area (Å²) in [6.45, 7) is -0.385. The van der Waals surface area contributed by atoms with Crippen LogP contribution in [0.4, 0.5) is 5.69 Å². The summed E-state index contributed by atoms with van der Waals surface area (Å²) in [6.07, 6.45) is 3.89. The molecule has 0 aliphatic carbocycles. The van der Waals surface area contributed by atoms with Crippen molar-refractivity contribution in [2.75, 3.05) is 31.8 Å². The number of methoxy groups -OCH3 is 1. The van der Waals surface area contributed by atoms with E-state index in [4.69, 9.17) is 25.8 Å². The molecule has 13 heteroatoms. The first-order chi connectivity index (χ1) is 25.7. The molecule has 2 fully saturated rings. The number of halogens is 2. The van der Waals surface area contributed by atoms with E-state index in [1.54, 1.807) is 84.9 Å². The molecule has 7 rings (SSSR count). The molecule has 0 radical (unpaired) electrons. The van der Waals surface area contributed by atoms with Gasteiger partial charge >= 0.3 is 5.97 Å². The Morgan fingerprint density at radius 3 is 2.34 bits per heavy atom. The van der Waals surface area contributed by atoms with E-state index in [0.29, 0.717) is 32.7 Å². The molecule has 2 N–H and O–H groups in total. The zero-order valence-electron chi connectivity index (χ0n) is 28.8. The lowest BCUT2D eigenvalue weighted by molar-refractivity contribution is -0.162. The zero-order valence-corrected chi connectivity index (χ0v) is 31.2. The molecule has 5 bridgehead atoms. The second-order valence-electron chi connectivity index (χ2n) is 13.5. The van der Waals surface area contributed by atoms with Crippen LogP contribution < -0.4 is 10.2 Å². The SMILES string of the molecule is COC[C@@H]1NC(=O)CC/C=C\CN(c2ccc(Cl)cc2)C(=O)[C@H]2N([C@H](CO)c3ccccc3)C(=O)[C@@H]3[C@@H](C(=O)O[C@H]1c1ccccc1)[C@@H]1O[C@@]32C=C1Br. The normalized spacial score (nSPS) is 30.1. The molecule has 1 spiro atoms. The van der Waals surface area contributed by atoms with Gasteiger partial charge in [-0.3, -0.25) is 19.2 Å². The number of carbonyl (C=O) groups is 4. The number of esters is 1. The lowest BCUT2D eigenvalue weighted by atomic mass is 9.74. The molecule has 0 aromatic heterocycles. The van der Waals surface area contributed by atoms with Crippen molar-refractivity contribution in [1.82, 2.24) is 10.2 Å². The predicted molar refractivity (Wildman–Crippen MR) is 200 cm³/mol. The Balaban J connectivity index is 1.39. The smallest absolute Gasteiger partial charge is 0.313 e. The number of allylic oxidation sites excluding steroid dienone is 1. The van der Waals surface area contributed by atoms with Crippen LogP contribution >= 0.6 is 27.5 Å². The van der Waals surface area contributed by atoms with E-state index in [9.17, 15) is 14.7 Å². The number of aliphatic hydroxyl groups is 1. The van der Waals surface area contributed by atoms with E-state index >= 15 is 9.59 Å². The van der Waals surface area contributed by atoms with Crippen molar-refractivity contribution in [3.8, 4) is 0 Å². The second-order valence-corrected chi connectivity index (χ2v) is 14.9. The molecule has 4 heterocycles. The molecule has 11 nitrogen and oxygen atoms in total. The highest BCUT2D eigenvalue weighted by molar-refractivity contribution is 9.11. The monoisotopic (exact) mass is 803 g/mol. The Labute approximate surface area is 320 Å². The van der Waals surface area contributed by atoms with Crippen LogP contribution in [0.3, 0.4) is 0 Å². The van der Waals surface area contributed by atoms with Gasteiger partial charge in [0.1, 0.15) is 29.8 Å². The van der Waals surface area contributed by atoms with Crippen LogP contribution in [0.1, 0.15) is 36.1 Å². The summed E-state index contributed by atoms with van der Waals surface area (Å²) < 4.78 is 19.0. The topological polar surface area (TPSA) is 135 Å². The molecule has 4 aliphatic heterocycles. The van der Waals surface area contributed by atoms with E-state index in [0.717, 1.165) is 0 Å². The van der Waals surface area contributed by atoms with Crippen LogP contribution in [0.15, 0.2) is 108 Å². The van der Waals surface area contributed by atoms with Gasteiger partial charge in [-0.2, -0.15) is 0 Å². The molecule has 8 atom stereocenters. The summed E-state index contributed by atoms with van der Waals surface area (Å²) in [4.78, 5) is 61.2. The Morgan fingerprint density at radius 1 is 0.962 bits per heavy atom. The number of hydrogen-bond donors (Lipinski definition) is 2. The van der Waals surface area contributed by atoms with Gasteiger partial charge in [0.05, 0.1) is 31.2 Å². The van der Waals surface area contributed by atoms with E-state index in [2.05, 4.69) is 21.2 Å². The third-order valence-corrected chi connectivity index (χ3v) is 11.3. The highest BCUT2D eigenvalue weighted by Crippen LogP contribution is 2.60. The van der Waals surface area contributed by atoms with Crippen molar-refractivity contribution >= 4 is 56.9 Å². The van der Waals surface area contributed by atoms with Crippen LogP contribution in [0.5, 0.6) is 0 Å². The molecule has 4 aliphatic rings. The maximum Gasteiger partial charge on any atom is 0.313 e. The van der Waals surface area contributed by atoms with E-state index in [1.807, 2.05) is 18.2 Å². The summed E-state index contributed by atoms with van der Waals surface area (Å²) in [5, 5.41) is 14.4. The van der Waals surface area contributed by atoms with Gasteiger partial charge in [-0.05, 0) is 47.9 Å². The Bertz CT molecular complexity index is 1910. The molecular weight excluding hydrogens is 766 g/mol. The first kappa shape index (κ1) is 37.0. The van der Waals surface area contributed by atoms with Gasteiger partial charge in [-0.1, -0.05) is 100 Å². The van der Waals surface area contributed by atoms with E-state index in [1.165, 1.54) is 16.9 Å². The number of amides is 3. The summed E-state index contributed by atoms with van der Waals surface area (Å²) in [7, 11) is 1.50. The largest absolute Gasteiger partial charge is 0.455 e. The summed E-state index contributed by atoms with van der Waals surface area (Å²) in [6, 6.07) is 21.7. The average molecular weight is 805 g/mol. The third-order valence-electron chi connectivity index (χ3n) is 10.4. The molecular formula is C40H39BrClN3O8. The number of hydrogen-bond acceptors (Lipinski definition) is 8. The van der Waals surface area contributed by atoms with Gasteiger partial charge < -0.3 is 34.4 Å². The minimum atomic E-state index is -1.60.